The third-order valence-corrected chi connectivity index (χ3v) is 7.01. The number of carbonyl (C=O) groups excluding carboxylic acids is 1. The summed E-state index contributed by atoms with van der Waals surface area (Å²) in [6.45, 7) is 5.31. The van der Waals surface area contributed by atoms with Crippen LogP contribution in [0.3, 0.4) is 0 Å². The summed E-state index contributed by atoms with van der Waals surface area (Å²) in [5.74, 6) is -0.922. The standard InChI is InChI=1S/C18H17ClN2O4S2/c1-10-4-6-13(7-5-10)11(2)16(22)17-14(8-9-26-17)27(23,24)21-18-15(19)12(3)20-25-18/h4-9,11,21H,1-3H3. The molecule has 3 aromatic rings. The van der Waals surface area contributed by atoms with E-state index in [1.807, 2.05) is 31.2 Å². The van der Waals surface area contributed by atoms with Crippen molar-refractivity contribution >= 4 is 44.6 Å². The van der Waals surface area contributed by atoms with Gasteiger partial charge in [0.1, 0.15) is 15.6 Å². The number of Topliss-reactive ketones (excluding diaryl/α,β-unsaturated/α-hetero) is 1. The van der Waals surface area contributed by atoms with Crippen molar-refractivity contribution in [1.29, 1.82) is 0 Å². The lowest BCUT2D eigenvalue weighted by atomic mass is 9.95. The molecule has 0 aliphatic heterocycles. The molecule has 1 N–H and O–H groups in total. The summed E-state index contributed by atoms with van der Waals surface area (Å²) in [6, 6.07) is 8.96. The third kappa shape index (κ3) is 3.92. The fraction of sp³-hybridized carbons (Fsp3) is 0.222. The van der Waals surface area contributed by atoms with Crippen LogP contribution in [0.4, 0.5) is 5.88 Å². The first-order chi connectivity index (χ1) is 12.7. The highest BCUT2D eigenvalue weighted by molar-refractivity contribution is 7.93. The van der Waals surface area contributed by atoms with Crippen LogP contribution in [-0.4, -0.2) is 19.4 Å². The first-order valence-electron chi connectivity index (χ1n) is 8.03. The van der Waals surface area contributed by atoms with E-state index in [0.717, 1.165) is 22.5 Å². The fourth-order valence-electron chi connectivity index (χ4n) is 2.49. The van der Waals surface area contributed by atoms with Crippen LogP contribution in [0.5, 0.6) is 0 Å². The number of nitrogens with one attached hydrogen (secondary N) is 1. The second-order valence-electron chi connectivity index (χ2n) is 6.13. The molecule has 0 fully saturated rings. The number of halogens is 1. The largest absolute Gasteiger partial charge is 0.336 e. The van der Waals surface area contributed by atoms with Crippen molar-refractivity contribution in [3.63, 3.8) is 0 Å². The van der Waals surface area contributed by atoms with Crippen LogP contribution >= 0.6 is 22.9 Å². The van der Waals surface area contributed by atoms with Gasteiger partial charge in [-0.15, -0.1) is 11.3 Å². The number of nitrogens with zero attached hydrogens (tertiary/aromatic N) is 1. The number of aromatic nitrogens is 1. The van der Waals surface area contributed by atoms with E-state index in [4.69, 9.17) is 16.1 Å². The smallest absolute Gasteiger partial charge is 0.265 e. The molecule has 0 saturated heterocycles. The van der Waals surface area contributed by atoms with E-state index in [1.54, 1.807) is 19.2 Å². The van der Waals surface area contributed by atoms with Crippen molar-refractivity contribution in [3.8, 4) is 0 Å². The Morgan fingerprint density at radius 2 is 1.89 bits per heavy atom. The molecular weight excluding hydrogens is 408 g/mol. The lowest BCUT2D eigenvalue weighted by Gasteiger charge is -2.12. The molecule has 6 nitrogen and oxygen atoms in total. The first kappa shape index (κ1) is 19.6. The maximum Gasteiger partial charge on any atom is 0.265 e. The van der Waals surface area contributed by atoms with Crippen molar-refractivity contribution in [2.24, 2.45) is 0 Å². The van der Waals surface area contributed by atoms with E-state index in [1.165, 1.54) is 6.07 Å². The molecule has 0 amide bonds. The SMILES string of the molecule is Cc1ccc(C(C)C(=O)c2sccc2S(=O)(=O)Nc2onc(C)c2Cl)cc1. The van der Waals surface area contributed by atoms with Crippen molar-refractivity contribution in [3.05, 3.63) is 62.4 Å². The average Bonchev–Trinajstić information content (AvgIpc) is 3.24. The van der Waals surface area contributed by atoms with Gasteiger partial charge in [0.2, 0.25) is 0 Å². The Labute approximate surface area is 166 Å². The summed E-state index contributed by atoms with van der Waals surface area (Å²) in [5.41, 5.74) is 2.27. The Kier molecular flexibility index (Phi) is 5.41. The Morgan fingerprint density at radius 3 is 2.48 bits per heavy atom. The van der Waals surface area contributed by atoms with Gasteiger partial charge in [-0.05, 0) is 30.9 Å². The van der Waals surface area contributed by atoms with Crippen LogP contribution < -0.4 is 4.72 Å². The van der Waals surface area contributed by atoms with E-state index >= 15 is 0 Å². The molecule has 27 heavy (non-hydrogen) atoms. The first-order valence-corrected chi connectivity index (χ1v) is 10.8. The third-order valence-electron chi connectivity index (χ3n) is 4.13. The summed E-state index contributed by atoms with van der Waals surface area (Å²) in [4.78, 5) is 13.0. The molecule has 0 bridgehead atoms. The highest BCUT2D eigenvalue weighted by Crippen LogP contribution is 2.32. The number of thiophene rings is 1. The molecule has 2 heterocycles. The number of sulfonamides is 1. The van der Waals surface area contributed by atoms with Gasteiger partial charge in [0, 0.05) is 5.92 Å². The van der Waals surface area contributed by atoms with Gasteiger partial charge in [-0.25, -0.2) is 13.1 Å². The number of rotatable bonds is 6. The fourth-order valence-corrected chi connectivity index (χ4v) is 5.13. The van der Waals surface area contributed by atoms with Crippen molar-refractivity contribution < 1.29 is 17.7 Å². The number of hydrogen-bond acceptors (Lipinski definition) is 6. The van der Waals surface area contributed by atoms with Gasteiger partial charge in [0.25, 0.3) is 15.9 Å². The number of carbonyl (C=O) groups is 1. The van der Waals surface area contributed by atoms with Crippen LogP contribution in [0.1, 0.15) is 39.3 Å². The van der Waals surface area contributed by atoms with Gasteiger partial charge >= 0.3 is 0 Å². The monoisotopic (exact) mass is 424 g/mol. The molecule has 142 valence electrons. The molecular formula is C18H17ClN2O4S2. The minimum Gasteiger partial charge on any atom is -0.336 e. The summed E-state index contributed by atoms with van der Waals surface area (Å²) in [7, 11) is -4.06. The molecule has 0 aliphatic carbocycles. The van der Waals surface area contributed by atoms with Crippen LogP contribution in [-0.2, 0) is 10.0 Å². The van der Waals surface area contributed by atoms with Crippen LogP contribution in [0.2, 0.25) is 5.02 Å². The molecule has 1 atom stereocenters. The maximum atomic E-state index is 12.9. The van der Waals surface area contributed by atoms with Gasteiger partial charge in [0.05, 0.1) is 4.88 Å². The van der Waals surface area contributed by atoms with E-state index in [9.17, 15) is 13.2 Å². The number of hydrogen-bond donors (Lipinski definition) is 1. The molecule has 0 spiro atoms. The summed E-state index contributed by atoms with van der Waals surface area (Å²) < 4.78 is 32.7. The van der Waals surface area contributed by atoms with Gasteiger partial charge in [-0.2, -0.15) is 0 Å². The van der Waals surface area contributed by atoms with Crippen molar-refractivity contribution in [2.75, 3.05) is 4.72 Å². The predicted octanol–water partition coefficient (Wildman–Crippen LogP) is 4.79. The normalized spacial score (nSPS) is 12.7. The second kappa shape index (κ2) is 7.46. The molecule has 0 saturated carbocycles. The quantitative estimate of drug-likeness (QED) is 0.574. The summed E-state index contributed by atoms with van der Waals surface area (Å²) in [5, 5.41) is 5.26. The van der Waals surface area contributed by atoms with Crippen LogP contribution in [0.15, 0.2) is 45.1 Å². The van der Waals surface area contributed by atoms with Crippen molar-refractivity contribution in [2.45, 2.75) is 31.6 Å². The van der Waals surface area contributed by atoms with Gasteiger partial charge in [-0.1, -0.05) is 53.5 Å². The molecule has 1 aromatic carbocycles. The zero-order valence-electron chi connectivity index (χ0n) is 14.8. The number of anilines is 1. The topological polar surface area (TPSA) is 89.3 Å². The van der Waals surface area contributed by atoms with Crippen molar-refractivity contribution in [1.82, 2.24) is 5.16 Å². The Bertz CT molecular complexity index is 1090. The Morgan fingerprint density at radius 1 is 1.22 bits per heavy atom. The Hall–Kier alpha value is -2.16. The molecule has 3 rings (SSSR count). The lowest BCUT2D eigenvalue weighted by molar-refractivity contribution is 0.0967. The highest BCUT2D eigenvalue weighted by atomic mass is 35.5. The second-order valence-corrected chi connectivity index (χ2v) is 9.07. The zero-order chi connectivity index (χ0) is 19.8. The zero-order valence-corrected chi connectivity index (χ0v) is 17.2. The maximum absolute atomic E-state index is 12.9. The summed E-state index contributed by atoms with van der Waals surface area (Å²) >= 11 is 7.06. The number of ketones is 1. The minimum absolute atomic E-state index is 0.0784. The molecule has 0 radical (unpaired) electrons. The van der Waals surface area contributed by atoms with E-state index in [-0.39, 0.29) is 26.5 Å². The predicted molar refractivity (Wildman–Crippen MR) is 105 cm³/mol. The van der Waals surface area contributed by atoms with Crippen LogP contribution in [0, 0.1) is 13.8 Å². The van der Waals surface area contributed by atoms with Gasteiger partial charge in [-0.3, -0.25) is 4.79 Å². The van der Waals surface area contributed by atoms with E-state index in [2.05, 4.69) is 9.88 Å². The number of benzene rings is 1. The lowest BCUT2D eigenvalue weighted by Crippen LogP contribution is -2.17. The van der Waals surface area contributed by atoms with E-state index in [0.29, 0.717) is 5.69 Å². The molecule has 2 aromatic heterocycles. The molecule has 0 aliphatic rings. The highest BCUT2D eigenvalue weighted by Gasteiger charge is 2.29. The number of aryl methyl sites for hydroxylation is 2. The molecule has 1 unspecified atom stereocenters. The van der Waals surface area contributed by atoms with Crippen LogP contribution in [0.25, 0.3) is 0 Å². The van der Waals surface area contributed by atoms with Gasteiger partial charge < -0.3 is 4.52 Å². The Balaban J connectivity index is 1.91. The minimum atomic E-state index is -4.06. The van der Waals surface area contributed by atoms with E-state index < -0.39 is 15.9 Å². The average molecular weight is 425 g/mol. The summed E-state index contributed by atoms with van der Waals surface area (Å²) in [6.07, 6.45) is 0. The van der Waals surface area contributed by atoms with Gasteiger partial charge in [0.15, 0.2) is 5.78 Å². The molecule has 9 heteroatoms.